The number of methoxy groups -OCH3 is 1. The van der Waals surface area contributed by atoms with Crippen LogP contribution < -0.4 is 0 Å². The smallest absolute Gasteiger partial charge is 0.0656 e. The molecule has 0 aromatic heterocycles. The molecule has 1 saturated carbocycles. The first-order valence-corrected chi connectivity index (χ1v) is 6.55. The summed E-state index contributed by atoms with van der Waals surface area (Å²) in [6.07, 6.45) is 2.41. The van der Waals surface area contributed by atoms with E-state index in [2.05, 4.69) is 48.5 Å². The van der Waals surface area contributed by atoms with Gasteiger partial charge in [0.1, 0.15) is 0 Å². The van der Waals surface area contributed by atoms with Crippen LogP contribution in [0.25, 0.3) is 0 Å². The van der Waals surface area contributed by atoms with E-state index in [0.29, 0.717) is 10.8 Å². The van der Waals surface area contributed by atoms with E-state index in [0.717, 1.165) is 11.8 Å². The summed E-state index contributed by atoms with van der Waals surface area (Å²) in [6.45, 7) is 16.5. The lowest BCUT2D eigenvalue weighted by atomic mass is 9.66. The van der Waals surface area contributed by atoms with E-state index in [1.807, 2.05) is 7.11 Å². The molecule has 0 radical (unpaired) electrons. The summed E-state index contributed by atoms with van der Waals surface area (Å²) in [5.41, 5.74) is 0.859. The van der Waals surface area contributed by atoms with Gasteiger partial charge in [-0.05, 0) is 42.4 Å². The predicted molar refractivity (Wildman–Crippen MR) is 70.5 cm³/mol. The van der Waals surface area contributed by atoms with E-state index in [1.165, 1.54) is 12.8 Å². The van der Waals surface area contributed by atoms with Crippen molar-refractivity contribution in [2.45, 2.75) is 66.9 Å². The number of rotatable bonds is 1. The van der Waals surface area contributed by atoms with Crippen LogP contribution in [0, 0.1) is 22.7 Å². The Morgan fingerprint density at radius 1 is 0.875 bits per heavy atom. The molecule has 0 N–H and O–H groups in total. The molecule has 1 fully saturated rings. The zero-order valence-electron chi connectivity index (χ0n) is 12.5. The summed E-state index contributed by atoms with van der Waals surface area (Å²) < 4.78 is 5.75. The molecular formula is C15H30O. The van der Waals surface area contributed by atoms with Crippen molar-refractivity contribution in [1.29, 1.82) is 0 Å². The zero-order chi connectivity index (χ0) is 12.8. The van der Waals surface area contributed by atoms with Crippen molar-refractivity contribution in [2.24, 2.45) is 22.7 Å². The highest BCUT2D eigenvalue weighted by Crippen LogP contribution is 2.54. The van der Waals surface area contributed by atoms with Crippen LogP contribution in [0.2, 0.25) is 0 Å². The Balaban J connectivity index is 2.98. The molecule has 0 spiro atoms. The van der Waals surface area contributed by atoms with Gasteiger partial charge in [0.25, 0.3) is 0 Å². The maximum Gasteiger partial charge on any atom is 0.0656 e. The quantitative estimate of drug-likeness (QED) is 0.639. The van der Waals surface area contributed by atoms with Gasteiger partial charge in [-0.25, -0.2) is 0 Å². The monoisotopic (exact) mass is 226 g/mol. The Morgan fingerprint density at radius 3 is 1.38 bits per heavy atom. The van der Waals surface area contributed by atoms with Crippen LogP contribution in [0.15, 0.2) is 0 Å². The lowest BCUT2D eigenvalue weighted by Crippen LogP contribution is -2.32. The van der Waals surface area contributed by atoms with Gasteiger partial charge in [0.2, 0.25) is 0 Å². The van der Waals surface area contributed by atoms with Gasteiger partial charge < -0.3 is 4.74 Å². The molecule has 1 nitrogen and oxygen atoms in total. The molecule has 0 aromatic carbocycles. The topological polar surface area (TPSA) is 9.23 Å². The number of hydrogen-bond acceptors (Lipinski definition) is 1. The van der Waals surface area contributed by atoms with Crippen molar-refractivity contribution in [2.75, 3.05) is 7.11 Å². The summed E-state index contributed by atoms with van der Waals surface area (Å²) in [7, 11) is 1.87. The van der Waals surface area contributed by atoms with Crippen molar-refractivity contribution in [1.82, 2.24) is 0 Å². The second-order valence-electron chi connectivity index (χ2n) is 8.01. The highest BCUT2D eigenvalue weighted by atomic mass is 16.5. The summed E-state index contributed by atoms with van der Waals surface area (Å²) in [4.78, 5) is 0. The summed E-state index contributed by atoms with van der Waals surface area (Å²) in [6, 6.07) is 0. The van der Waals surface area contributed by atoms with Crippen LogP contribution >= 0.6 is 0 Å². The highest BCUT2D eigenvalue weighted by molar-refractivity contribution is 5.00. The van der Waals surface area contributed by atoms with Crippen molar-refractivity contribution < 1.29 is 4.74 Å². The van der Waals surface area contributed by atoms with Crippen LogP contribution in [0.1, 0.15) is 61.3 Å². The fourth-order valence-corrected chi connectivity index (χ4v) is 3.28. The van der Waals surface area contributed by atoms with E-state index in [4.69, 9.17) is 4.74 Å². The number of ether oxygens (including phenoxy) is 1. The molecule has 0 heterocycles. The molecule has 2 atom stereocenters. The van der Waals surface area contributed by atoms with Gasteiger partial charge in [-0.3, -0.25) is 0 Å². The van der Waals surface area contributed by atoms with E-state index in [1.54, 1.807) is 0 Å². The maximum absolute atomic E-state index is 5.75. The molecule has 0 bridgehead atoms. The minimum Gasteiger partial charge on any atom is -0.379 e. The van der Waals surface area contributed by atoms with Gasteiger partial charge in [0.05, 0.1) is 5.60 Å². The normalized spacial score (nSPS) is 36.8. The average molecular weight is 226 g/mol. The van der Waals surface area contributed by atoms with E-state index < -0.39 is 0 Å². The molecule has 0 aromatic rings. The third-order valence-corrected chi connectivity index (χ3v) is 4.51. The molecule has 0 amide bonds. The van der Waals surface area contributed by atoms with Gasteiger partial charge >= 0.3 is 0 Å². The molecule has 1 aliphatic carbocycles. The molecule has 1 heteroatoms. The van der Waals surface area contributed by atoms with Gasteiger partial charge in [-0.2, -0.15) is 0 Å². The van der Waals surface area contributed by atoms with Crippen molar-refractivity contribution in [3.8, 4) is 0 Å². The number of hydrogen-bond donors (Lipinski definition) is 0. The van der Waals surface area contributed by atoms with Crippen LogP contribution in [0.5, 0.6) is 0 Å². The van der Waals surface area contributed by atoms with E-state index in [9.17, 15) is 0 Å². The first kappa shape index (κ1) is 14.0. The van der Waals surface area contributed by atoms with Gasteiger partial charge in [-0.15, -0.1) is 0 Å². The highest BCUT2D eigenvalue weighted by Gasteiger charge is 2.50. The average Bonchev–Trinajstić information content (AvgIpc) is 2.43. The van der Waals surface area contributed by atoms with E-state index >= 15 is 0 Å². The third kappa shape index (κ3) is 2.80. The zero-order valence-corrected chi connectivity index (χ0v) is 12.5. The predicted octanol–water partition coefficient (Wildman–Crippen LogP) is 4.51. The van der Waals surface area contributed by atoms with Crippen molar-refractivity contribution in [3.63, 3.8) is 0 Å². The van der Waals surface area contributed by atoms with Crippen LogP contribution in [0.3, 0.4) is 0 Å². The molecule has 0 saturated heterocycles. The first-order chi connectivity index (χ1) is 6.99. The van der Waals surface area contributed by atoms with Gasteiger partial charge in [-0.1, -0.05) is 41.5 Å². The summed E-state index contributed by atoms with van der Waals surface area (Å²) >= 11 is 0. The molecule has 0 aliphatic heterocycles. The summed E-state index contributed by atoms with van der Waals surface area (Å²) in [5, 5.41) is 0. The van der Waals surface area contributed by atoms with Crippen LogP contribution in [-0.4, -0.2) is 12.7 Å². The van der Waals surface area contributed by atoms with Gasteiger partial charge in [0, 0.05) is 7.11 Å². The molecule has 2 unspecified atom stereocenters. The Kier molecular flexibility index (Phi) is 3.52. The molecular weight excluding hydrogens is 196 g/mol. The van der Waals surface area contributed by atoms with Crippen LogP contribution in [-0.2, 0) is 4.74 Å². The second kappa shape index (κ2) is 4.01. The largest absolute Gasteiger partial charge is 0.379 e. The first-order valence-electron chi connectivity index (χ1n) is 6.55. The minimum absolute atomic E-state index is 0.0931. The summed E-state index contributed by atoms with van der Waals surface area (Å²) in [5.74, 6) is 1.52. The second-order valence-corrected chi connectivity index (χ2v) is 8.01. The fraction of sp³-hybridized carbons (Fsp3) is 1.00. The lowest BCUT2D eigenvalue weighted by Gasteiger charge is -2.39. The maximum atomic E-state index is 5.75. The SMILES string of the molecule is COC1(C)CC(C(C)(C)C)C(C(C)(C)C)C1. The standard InChI is InChI=1S/C15H30O/c1-13(2,3)11-9-15(7,16-8)10-12(11)14(4,5)6/h11-12H,9-10H2,1-8H3. The third-order valence-electron chi connectivity index (χ3n) is 4.51. The molecule has 96 valence electrons. The molecule has 16 heavy (non-hydrogen) atoms. The van der Waals surface area contributed by atoms with E-state index in [-0.39, 0.29) is 5.60 Å². The Morgan fingerprint density at radius 2 is 1.19 bits per heavy atom. The Labute approximate surface area is 102 Å². The van der Waals surface area contributed by atoms with Crippen molar-refractivity contribution in [3.05, 3.63) is 0 Å². The molecule has 1 rings (SSSR count). The Hall–Kier alpha value is -0.0400. The fourth-order valence-electron chi connectivity index (χ4n) is 3.28. The Bertz CT molecular complexity index is 219. The minimum atomic E-state index is 0.0931. The molecule has 1 aliphatic rings. The van der Waals surface area contributed by atoms with Gasteiger partial charge in [0.15, 0.2) is 0 Å². The van der Waals surface area contributed by atoms with Crippen molar-refractivity contribution >= 4 is 0 Å². The van der Waals surface area contributed by atoms with Crippen LogP contribution in [0.4, 0.5) is 0 Å². The lowest BCUT2D eigenvalue weighted by molar-refractivity contribution is 0.00190.